The van der Waals surface area contributed by atoms with Gasteiger partial charge in [-0.3, -0.25) is 9.59 Å². The van der Waals surface area contributed by atoms with Gasteiger partial charge >= 0.3 is 5.97 Å². The Balaban J connectivity index is 1.91. The number of carbonyl (C=O) groups is 2. The summed E-state index contributed by atoms with van der Waals surface area (Å²) in [5.74, 6) is -0.496. The molecule has 0 aliphatic carbocycles. The lowest BCUT2D eigenvalue weighted by molar-refractivity contribution is -0.138. The van der Waals surface area contributed by atoms with Crippen LogP contribution in [0.2, 0.25) is 0 Å². The van der Waals surface area contributed by atoms with Crippen LogP contribution in [0.1, 0.15) is 43.5 Å². The summed E-state index contributed by atoms with van der Waals surface area (Å²) in [7, 11) is 0. The zero-order valence-electron chi connectivity index (χ0n) is 13.1. The molecule has 1 N–H and O–H groups in total. The molecule has 0 spiro atoms. The van der Waals surface area contributed by atoms with Crippen molar-refractivity contribution in [2.24, 2.45) is 5.92 Å². The quantitative estimate of drug-likeness (QED) is 0.843. The lowest BCUT2D eigenvalue weighted by Crippen LogP contribution is -2.38. The summed E-state index contributed by atoms with van der Waals surface area (Å²) >= 11 is 1.78. The van der Waals surface area contributed by atoms with Gasteiger partial charge in [-0.05, 0) is 43.0 Å². The minimum Gasteiger partial charge on any atom is -0.481 e. The van der Waals surface area contributed by atoms with Crippen molar-refractivity contribution in [1.82, 2.24) is 4.90 Å². The fourth-order valence-corrected chi connectivity index (χ4v) is 3.56. The molecule has 0 radical (unpaired) electrons. The van der Waals surface area contributed by atoms with E-state index in [1.807, 2.05) is 29.2 Å². The minimum atomic E-state index is -0.747. The van der Waals surface area contributed by atoms with Crippen LogP contribution in [0.3, 0.4) is 0 Å². The van der Waals surface area contributed by atoms with E-state index in [9.17, 15) is 9.59 Å². The van der Waals surface area contributed by atoms with Crippen molar-refractivity contribution in [2.75, 3.05) is 13.1 Å². The molecule has 1 fully saturated rings. The Morgan fingerprint density at radius 2 is 1.82 bits per heavy atom. The average Bonchev–Trinajstić information content (AvgIpc) is 2.47. The van der Waals surface area contributed by atoms with Crippen LogP contribution >= 0.6 is 11.8 Å². The molecule has 2 rings (SSSR count). The first-order valence-corrected chi connectivity index (χ1v) is 8.61. The topological polar surface area (TPSA) is 57.6 Å². The molecule has 4 nitrogen and oxygen atoms in total. The number of piperidine rings is 1. The molecule has 1 amide bonds. The van der Waals surface area contributed by atoms with Gasteiger partial charge in [0.05, 0.1) is 0 Å². The Bertz CT molecular complexity index is 519. The van der Waals surface area contributed by atoms with E-state index < -0.39 is 5.97 Å². The van der Waals surface area contributed by atoms with Gasteiger partial charge in [0.25, 0.3) is 5.91 Å². The van der Waals surface area contributed by atoms with Gasteiger partial charge in [0, 0.05) is 35.2 Å². The van der Waals surface area contributed by atoms with Crippen LogP contribution in [0.15, 0.2) is 29.2 Å². The van der Waals surface area contributed by atoms with Crippen molar-refractivity contribution in [3.05, 3.63) is 29.8 Å². The highest BCUT2D eigenvalue weighted by Gasteiger charge is 2.24. The molecule has 1 aromatic carbocycles. The number of aliphatic carboxylic acids is 1. The van der Waals surface area contributed by atoms with E-state index in [0.717, 1.165) is 12.8 Å². The van der Waals surface area contributed by atoms with Crippen molar-refractivity contribution >= 4 is 23.6 Å². The molecule has 0 atom stereocenters. The maximum absolute atomic E-state index is 12.5. The first-order valence-electron chi connectivity index (χ1n) is 7.73. The molecule has 1 heterocycles. The maximum Gasteiger partial charge on any atom is 0.303 e. The lowest BCUT2D eigenvalue weighted by Gasteiger charge is -2.31. The summed E-state index contributed by atoms with van der Waals surface area (Å²) in [4.78, 5) is 26.2. The molecule has 0 unspecified atom stereocenters. The summed E-state index contributed by atoms with van der Waals surface area (Å²) in [6.45, 7) is 5.59. The summed E-state index contributed by atoms with van der Waals surface area (Å²) in [5, 5.41) is 9.35. The minimum absolute atomic E-state index is 0.0508. The van der Waals surface area contributed by atoms with Gasteiger partial charge in [-0.25, -0.2) is 0 Å². The normalized spacial score (nSPS) is 16.0. The standard InChI is InChI=1S/C17H23NO3S/c1-12(2)22-15-5-3-14(4-6-15)17(21)18-9-7-13(8-10-18)11-16(19)20/h3-6,12-13H,7-11H2,1-2H3,(H,19,20). The van der Waals surface area contributed by atoms with Gasteiger partial charge in [0.1, 0.15) is 0 Å². The predicted molar refractivity (Wildman–Crippen MR) is 88.3 cm³/mol. The van der Waals surface area contributed by atoms with Crippen molar-refractivity contribution in [2.45, 2.75) is 43.3 Å². The van der Waals surface area contributed by atoms with Crippen molar-refractivity contribution < 1.29 is 14.7 Å². The van der Waals surface area contributed by atoms with Gasteiger partial charge in [-0.1, -0.05) is 13.8 Å². The van der Waals surface area contributed by atoms with E-state index in [2.05, 4.69) is 13.8 Å². The molecule has 120 valence electrons. The fourth-order valence-electron chi connectivity index (χ4n) is 2.72. The Morgan fingerprint density at radius 3 is 2.32 bits per heavy atom. The molecule has 1 aliphatic heterocycles. The first-order chi connectivity index (χ1) is 10.5. The van der Waals surface area contributed by atoms with E-state index in [1.165, 1.54) is 4.90 Å². The number of carboxylic acids is 1. The molecular weight excluding hydrogens is 298 g/mol. The number of rotatable bonds is 5. The Labute approximate surface area is 135 Å². The van der Waals surface area contributed by atoms with Gasteiger partial charge in [-0.2, -0.15) is 0 Å². The van der Waals surface area contributed by atoms with Gasteiger partial charge in [0.15, 0.2) is 0 Å². The molecule has 0 bridgehead atoms. The maximum atomic E-state index is 12.5. The van der Waals surface area contributed by atoms with Gasteiger partial charge in [0.2, 0.25) is 0 Å². The van der Waals surface area contributed by atoms with Crippen LogP contribution in [-0.4, -0.2) is 40.2 Å². The van der Waals surface area contributed by atoms with Crippen LogP contribution in [0.5, 0.6) is 0 Å². The average molecular weight is 321 g/mol. The van der Waals surface area contributed by atoms with Crippen molar-refractivity contribution in [3.8, 4) is 0 Å². The summed E-state index contributed by atoms with van der Waals surface area (Å²) in [6.07, 6.45) is 1.77. The molecule has 0 aromatic heterocycles. The highest BCUT2D eigenvalue weighted by Crippen LogP contribution is 2.25. The van der Waals surface area contributed by atoms with Crippen LogP contribution < -0.4 is 0 Å². The van der Waals surface area contributed by atoms with Crippen LogP contribution in [0.4, 0.5) is 0 Å². The Hall–Kier alpha value is -1.49. The molecule has 1 saturated heterocycles. The predicted octanol–water partition coefficient (Wildman–Crippen LogP) is 3.51. The number of hydrogen-bond acceptors (Lipinski definition) is 3. The lowest BCUT2D eigenvalue weighted by atomic mass is 9.93. The molecular formula is C17H23NO3S. The number of likely N-dealkylation sites (tertiary alicyclic amines) is 1. The molecule has 22 heavy (non-hydrogen) atoms. The second-order valence-corrected chi connectivity index (χ2v) is 7.67. The van der Waals surface area contributed by atoms with E-state index in [0.29, 0.717) is 23.9 Å². The monoisotopic (exact) mass is 321 g/mol. The number of carboxylic acid groups (broad SMARTS) is 1. The number of amides is 1. The highest BCUT2D eigenvalue weighted by molar-refractivity contribution is 7.99. The SMILES string of the molecule is CC(C)Sc1ccc(C(=O)N2CCC(CC(=O)O)CC2)cc1. The number of thioether (sulfide) groups is 1. The fraction of sp³-hybridized carbons (Fsp3) is 0.529. The van der Waals surface area contributed by atoms with Crippen LogP contribution in [-0.2, 0) is 4.79 Å². The molecule has 5 heteroatoms. The van der Waals surface area contributed by atoms with E-state index >= 15 is 0 Å². The second kappa shape index (κ2) is 7.68. The molecule has 1 aliphatic rings. The van der Waals surface area contributed by atoms with Crippen LogP contribution in [0.25, 0.3) is 0 Å². The smallest absolute Gasteiger partial charge is 0.303 e. The summed E-state index contributed by atoms with van der Waals surface area (Å²) in [5.41, 5.74) is 0.713. The summed E-state index contributed by atoms with van der Waals surface area (Å²) in [6, 6.07) is 7.76. The van der Waals surface area contributed by atoms with Gasteiger partial charge < -0.3 is 10.0 Å². The largest absolute Gasteiger partial charge is 0.481 e. The third-order valence-electron chi connectivity index (χ3n) is 3.84. The van der Waals surface area contributed by atoms with E-state index in [4.69, 9.17) is 5.11 Å². The number of hydrogen-bond donors (Lipinski definition) is 1. The first kappa shape index (κ1) is 16.9. The van der Waals surface area contributed by atoms with E-state index in [1.54, 1.807) is 11.8 Å². The van der Waals surface area contributed by atoms with Gasteiger partial charge in [-0.15, -0.1) is 11.8 Å². The second-order valence-electron chi connectivity index (χ2n) is 6.02. The van der Waals surface area contributed by atoms with Crippen LogP contribution in [0, 0.1) is 5.92 Å². The van der Waals surface area contributed by atoms with E-state index in [-0.39, 0.29) is 18.2 Å². The third kappa shape index (κ3) is 4.77. The molecule has 1 aromatic rings. The van der Waals surface area contributed by atoms with Crippen molar-refractivity contribution in [1.29, 1.82) is 0 Å². The highest BCUT2D eigenvalue weighted by atomic mass is 32.2. The number of carbonyl (C=O) groups excluding carboxylic acids is 1. The molecule has 0 saturated carbocycles. The number of nitrogens with zero attached hydrogens (tertiary/aromatic N) is 1. The zero-order chi connectivity index (χ0) is 16.1. The Morgan fingerprint density at radius 1 is 1.23 bits per heavy atom. The van der Waals surface area contributed by atoms with Crippen molar-refractivity contribution in [3.63, 3.8) is 0 Å². The Kier molecular flexibility index (Phi) is 5.89. The zero-order valence-corrected chi connectivity index (χ0v) is 13.9. The third-order valence-corrected chi connectivity index (χ3v) is 4.85. The summed E-state index contributed by atoms with van der Waals surface area (Å²) < 4.78 is 0. The number of benzene rings is 1.